The summed E-state index contributed by atoms with van der Waals surface area (Å²) < 4.78 is 0. The van der Waals surface area contributed by atoms with Crippen LogP contribution in [0.25, 0.3) is 10.8 Å². The maximum absolute atomic E-state index is 13.2. The summed E-state index contributed by atoms with van der Waals surface area (Å²) in [5.74, 6) is 0.0386. The van der Waals surface area contributed by atoms with Crippen molar-refractivity contribution in [3.05, 3.63) is 71.5 Å². The summed E-state index contributed by atoms with van der Waals surface area (Å²) >= 11 is 0. The quantitative estimate of drug-likeness (QED) is 0.679. The van der Waals surface area contributed by atoms with Gasteiger partial charge in [0, 0.05) is 62.1 Å². The van der Waals surface area contributed by atoms with Crippen LogP contribution in [0.1, 0.15) is 28.5 Å². The van der Waals surface area contributed by atoms with E-state index in [-0.39, 0.29) is 11.9 Å². The van der Waals surface area contributed by atoms with Crippen molar-refractivity contribution in [2.45, 2.75) is 26.3 Å². The highest BCUT2D eigenvalue weighted by Crippen LogP contribution is 2.29. The number of fused-ring (bicyclic) bond motifs is 1. The number of anilines is 1. The molecule has 0 unspecified atom stereocenters. The molecule has 0 aliphatic carbocycles. The van der Waals surface area contributed by atoms with Crippen LogP contribution in [0.4, 0.5) is 5.69 Å². The van der Waals surface area contributed by atoms with E-state index in [1.807, 2.05) is 68.6 Å². The highest BCUT2D eigenvalue weighted by atomic mass is 16.2. The van der Waals surface area contributed by atoms with Gasteiger partial charge in [0.2, 0.25) is 0 Å². The first-order chi connectivity index (χ1) is 12.9. The van der Waals surface area contributed by atoms with Crippen LogP contribution >= 0.6 is 0 Å². The first-order valence-electron chi connectivity index (χ1n) is 9.26. The maximum atomic E-state index is 13.2. The van der Waals surface area contributed by atoms with Gasteiger partial charge in [-0.15, -0.1) is 0 Å². The Kier molecular flexibility index (Phi) is 5.45. The average Bonchev–Trinajstić information content (AvgIpc) is 2.65. The van der Waals surface area contributed by atoms with Gasteiger partial charge in [0.1, 0.15) is 0 Å². The number of carbonyl (C=O) groups excluding carboxylic acids is 1. The van der Waals surface area contributed by atoms with E-state index in [0.29, 0.717) is 0 Å². The molecule has 3 rings (SSSR count). The number of carbonyl (C=O) groups is 1. The molecular weight excluding hydrogens is 334 g/mol. The smallest absolute Gasteiger partial charge is 0.254 e. The van der Waals surface area contributed by atoms with Gasteiger partial charge in [0.05, 0.1) is 0 Å². The molecule has 3 aromatic rings. The normalized spacial score (nSPS) is 12.0. The Morgan fingerprint density at radius 2 is 1.74 bits per heavy atom. The summed E-state index contributed by atoms with van der Waals surface area (Å²) in [6, 6.07) is 16.2. The number of likely N-dealkylation sites (N-methyl/N-ethyl adjacent to an activating group) is 1. The second kappa shape index (κ2) is 7.78. The van der Waals surface area contributed by atoms with E-state index in [2.05, 4.69) is 35.9 Å². The molecule has 0 aliphatic heterocycles. The standard InChI is InChI=1S/C23H27N3O/c1-16-12-13-24-18(14-16)15-17(2)26(5)23(27)21-10-11-22(25(3)4)20-9-7-6-8-19(20)21/h6-14,17H,15H2,1-5H3/t17-/m1/s1. The van der Waals surface area contributed by atoms with Crippen LogP contribution < -0.4 is 4.90 Å². The lowest BCUT2D eigenvalue weighted by Crippen LogP contribution is -2.36. The molecule has 0 aliphatic rings. The number of benzene rings is 2. The Hall–Kier alpha value is -2.88. The summed E-state index contributed by atoms with van der Waals surface area (Å²) in [4.78, 5) is 21.6. The zero-order valence-electron chi connectivity index (χ0n) is 16.7. The third-order valence-corrected chi connectivity index (χ3v) is 5.07. The topological polar surface area (TPSA) is 36.4 Å². The Balaban J connectivity index is 1.90. The fraction of sp³-hybridized carbons (Fsp3) is 0.304. The molecule has 0 fully saturated rings. The fourth-order valence-electron chi connectivity index (χ4n) is 3.40. The number of hydrogen-bond donors (Lipinski definition) is 0. The molecule has 0 radical (unpaired) electrons. The Bertz CT molecular complexity index is 965. The monoisotopic (exact) mass is 361 g/mol. The molecule has 2 aromatic carbocycles. The van der Waals surface area contributed by atoms with Gasteiger partial charge in [0.25, 0.3) is 5.91 Å². The predicted octanol–water partition coefficient (Wildman–Crippen LogP) is 4.31. The Morgan fingerprint density at radius 1 is 1.04 bits per heavy atom. The molecule has 0 saturated carbocycles. The number of aryl methyl sites for hydroxylation is 1. The number of rotatable bonds is 5. The van der Waals surface area contributed by atoms with Crippen molar-refractivity contribution >= 4 is 22.4 Å². The molecule has 0 saturated heterocycles. The van der Waals surface area contributed by atoms with E-state index in [1.165, 1.54) is 5.56 Å². The van der Waals surface area contributed by atoms with E-state index in [1.54, 1.807) is 0 Å². The van der Waals surface area contributed by atoms with Gasteiger partial charge in [-0.1, -0.05) is 24.3 Å². The van der Waals surface area contributed by atoms with Gasteiger partial charge in [0.15, 0.2) is 0 Å². The van der Waals surface area contributed by atoms with Crippen molar-refractivity contribution in [3.8, 4) is 0 Å². The Morgan fingerprint density at radius 3 is 2.41 bits per heavy atom. The third kappa shape index (κ3) is 3.95. The Labute approximate surface area is 161 Å². The lowest BCUT2D eigenvalue weighted by molar-refractivity contribution is 0.0745. The first kappa shape index (κ1) is 18.9. The zero-order chi connectivity index (χ0) is 19.6. The third-order valence-electron chi connectivity index (χ3n) is 5.07. The van der Waals surface area contributed by atoms with E-state index in [4.69, 9.17) is 0 Å². The second-order valence-electron chi connectivity index (χ2n) is 7.37. The predicted molar refractivity (Wildman–Crippen MR) is 113 cm³/mol. The molecule has 1 heterocycles. The van der Waals surface area contributed by atoms with Gasteiger partial charge < -0.3 is 9.80 Å². The van der Waals surface area contributed by atoms with Crippen molar-refractivity contribution in [3.63, 3.8) is 0 Å². The summed E-state index contributed by atoms with van der Waals surface area (Å²) in [5, 5.41) is 2.08. The zero-order valence-corrected chi connectivity index (χ0v) is 16.7. The molecular formula is C23H27N3O. The summed E-state index contributed by atoms with van der Waals surface area (Å²) in [7, 11) is 5.91. The average molecular weight is 361 g/mol. The summed E-state index contributed by atoms with van der Waals surface area (Å²) in [6.07, 6.45) is 2.56. The van der Waals surface area contributed by atoms with Gasteiger partial charge in [-0.2, -0.15) is 0 Å². The van der Waals surface area contributed by atoms with Crippen LogP contribution in [0, 0.1) is 6.92 Å². The number of amides is 1. The van der Waals surface area contributed by atoms with Crippen molar-refractivity contribution in [2.75, 3.05) is 26.0 Å². The first-order valence-corrected chi connectivity index (χ1v) is 9.26. The van der Waals surface area contributed by atoms with Crippen LogP contribution in [-0.4, -0.2) is 43.0 Å². The maximum Gasteiger partial charge on any atom is 0.254 e. The van der Waals surface area contributed by atoms with Crippen molar-refractivity contribution in [1.29, 1.82) is 0 Å². The fourth-order valence-corrected chi connectivity index (χ4v) is 3.40. The molecule has 0 spiro atoms. The molecule has 1 atom stereocenters. The number of hydrogen-bond acceptors (Lipinski definition) is 3. The van der Waals surface area contributed by atoms with E-state index >= 15 is 0 Å². The van der Waals surface area contributed by atoms with Crippen molar-refractivity contribution in [1.82, 2.24) is 9.88 Å². The summed E-state index contributed by atoms with van der Waals surface area (Å²) in [5.41, 5.74) is 4.05. The van der Waals surface area contributed by atoms with E-state index in [0.717, 1.165) is 34.1 Å². The van der Waals surface area contributed by atoms with Crippen molar-refractivity contribution < 1.29 is 4.79 Å². The largest absolute Gasteiger partial charge is 0.377 e. The number of aromatic nitrogens is 1. The number of pyridine rings is 1. The van der Waals surface area contributed by atoms with E-state index in [9.17, 15) is 4.79 Å². The summed E-state index contributed by atoms with van der Waals surface area (Å²) in [6.45, 7) is 4.13. The molecule has 27 heavy (non-hydrogen) atoms. The van der Waals surface area contributed by atoms with Crippen LogP contribution in [-0.2, 0) is 6.42 Å². The van der Waals surface area contributed by atoms with Crippen LogP contribution in [0.3, 0.4) is 0 Å². The van der Waals surface area contributed by atoms with Crippen LogP contribution in [0.2, 0.25) is 0 Å². The van der Waals surface area contributed by atoms with Gasteiger partial charge >= 0.3 is 0 Å². The van der Waals surface area contributed by atoms with Gasteiger partial charge in [-0.25, -0.2) is 0 Å². The van der Waals surface area contributed by atoms with Crippen LogP contribution in [0.15, 0.2) is 54.7 Å². The SMILES string of the molecule is Cc1ccnc(C[C@@H](C)N(C)C(=O)c2ccc(N(C)C)c3ccccc23)c1. The molecule has 1 amide bonds. The minimum Gasteiger partial charge on any atom is -0.377 e. The molecule has 140 valence electrons. The lowest BCUT2D eigenvalue weighted by atomic mass is 10.0. The lowest BCUT2D eigenvalue weighted by Gasteiger charge is -2.26. The van der Waals surface area contributed by atoms with Crippen LogP contribution in [0.5, 0.6) is 0 Å². The van der Waals surface area contributed by atoms with Gasteiger partial charge in [-0.3, -0.25) is 9.78 Å². The molecule has 0 N–H and O–H groups in total. The molecule has 0 bridgehead atoms. The molecule has 4 heteroatoms. The highest BCUT2D eigenvalue weighted by molar-refractivity contribution is 6.10. The second-order valence-corrected chi connectivity index (χ2v) is 7.37. The molecule has 1 aromatic heterocycles. The highest BCUT2D eigenvalue weighted by Gasteiger charge is 2.21. The van der Waals surface area contributed by atoms with Crippen molar-refractivity contribution in [2.24, 2.45) is 0 Å². The minimum atomic E-state index is 0.0386. The minimum absolute atomic E-state index is 0.0386. The number of nitrogens with zero attached hydrogens (tertiary/aromatic N) is 3. The van der Waals surface area contributed by atoms with E-state index < -0.39 is 0 Å². The van der Waals surface area contributed by atoms with Gasteiger partial charge in [-0.05, 0) is 49.1 Å². The molecule has 4 nitrogen and oxygen atoms in total.